The summed E-state index contributed by atoms with van der Waals surface area (Å²) >= 11 is 0. The third kappa shape index (κ3) is 6.03. The summed E-state index contributed by atoms with van der Waals surface area (Å²) in [7, 11) is 0. The Morgan fingerprint density at radius 1 is 1.06 bits per heavy atom. The molecule has 6 nitrogen and oxygen atoms in total. The molecule has 3 rings (SSSR count). The van der Waals surface area contributed by atoms with E-state index in [4.69, 9.17) is 9.84 Å². The predicted octanol–water partition coefficient (Wildman–Crippen LogP) is 5.46. The number of hydrogen-bond donors (Lipinski definition) is 2. The van der Waals surface area contributed by atoms with Crippen molar-refractivity contribution in [3.63, 3.8) is 0 Å². The molecule has 0 bridgehead atoms. The number of pyridine rings is 2. The molecule has 0 saturated heterocycles. The van der Waals surface area contributed by atoms with Crippen molar-refractivity contribution < 1.29 is 9.84 Å². The van der Waals surface area contributed by atoms with Crippen molar-refractivity contribution in [3.05, 3.63) is 66.0 Å². The Morgan fingerprint density at radius 2 is 1.90 bits per heavy atom. The zero-order chi connectivity index (χ0) is 22.1. The number of nitriles is 1. The number of nitrogens with one attached hydrogen (secondary N) is 1. The van der Waals surface area contributed by atoms with E-state index in [0.717, 1.165) is 36.0 Å². The Morgan fingerprint density at radius 3 is 2.58 bits per heavy atom. The number of hydrogen-bond acceptors (Lipinski definition) is 6. The van der Waals surface area contributed by atoms with Crippen molar-refractivity contribution in [1.82, 2.24) is 9.97 Å². The number of anilines is 2. The van der Waals surface area contributed by atoms with Crippen LogP contribution in [0.4, 0.5) is 11.6 Å². The zero-order valence-electron chi connectivity index (χ0n) is 18.0. The second kappa shape index (κ2) is 11.1. The van der Waals surface area contributed by atoms with E-state index >= 15 is 0 Å². The van der Waals surface area contributed by atoms with Crippen LogP contribution in [0.1, 0.15) is 44.2 Å². The topological polar surface area (TPSA) is 91.1 Å². The predicted molar refractivity (Wildman–Crippen MR) is 122 cm³/mol. The molecule has 1 aromatic carbocycles. The molecule has 2 heterocycles. The molecule has 160 valence electrons. The molecule has 0 spiro atoms. The molecule has 2 aromatic heterocycles. The van der Waals surface area contributed by atoms with Gasteiger partial charge in [0.1, 0.15) is 23.5 Å². The number of nitrogens with zero attached hydrogens (tertiary/aromatic N) is 3. The molecule has 0 aliphatic heterocycles. The summed E-state index contributed by atoms with van der Waals surface area (Å²) in [4.78, 5) is 8.62. The van der Waals surface area contributed by atoms with Crippen molar-refractivity contribution >= 4 is 11.6 Å². The van der Waals surface area contributed by atoms with Crippen molar-refractivity contribution in [3.8, 4) is 22.9 Å². The van der Waals surface area contributed by atoms with Crippen LogP contribution in [0, 0.1) is 17.2 Å². The summed E-state index contributed by atoms with van der Waals surface area (Å²) in [5.41, 5.74) is 3.12. The molecule has 3 aromatic rings. The van der Waals surface area contributed by atoms with Crippen LogP contribution in [0.5, 0.6) is 5.75 Å². The van der Waals surface area contributed by atoms with Gasteiger partial charge in [-0.3, -0.25) is 0 Å². The van der Waals surface area contributed by atoms with Crippen LogP contribution in [0.15, 0.2) is 54.9 Å². The van der Waals surface area contributed by atoms with Gasteiger partial charge in [-0.05, 0) is 59.4 Å². The molecule has 0 aliphatic rings. The van der Waals surface area contributed by atoms with Crippen LogP contribution in [0.25, 0.3) is 11.1 Å². The second-order valence-electron chi connectivity index (χ2n) is 7.46. The molecule has 0 radical (unpaired) electrons. The highest BCUT2D eigenvalue weighted by Crippen LogP contribution is 2.28. The Labute approximate surface area is 183 Å². The molecule has 1 unspecified atom stereocenters. The molecule has 0 aliphatic carbocycles. The largest absolute Gasteiger partial charge is 0.492 e. The van der Waals surface area contributed by atoms with Crippen LogP contribution < -0.4 is 10.1 Å². The van der Waals surface area contributed by atoms with Gasteiger partial charge in [0.25, 0.3) is 0 Å². The Hall–Kier alpha value is -3.43. The summed E-state index contributed by atoms with van der Waals surface area (Å²) in [6.07, 6.45) is 6.66. The first-order valence-electron chi connectivity index (χ1n) is 10.6. The monoisotopic (exact) mass is 416 g/mol. The van der Waals surface area contributed by atoms with E-state index in [1.165, 1.54) is 0 Å². The highest BCUT2D eigenvalue weighted by molar-refractivity contribution is 5.70. The molecule has 31 heavy (non-hydrogen) atoms. The fourth-order valence-electron chi connectivity index (χ4n) is 3.35. The third-order valence-corrected chi connectivity index (χ3v) is 5.21. The fraction of sp³-hybridized carbons (Fsp3) is 0.320. The maximum atomic E-state index is 9.63. The fourth-order valence-corrected chi connectivity index (χ4v) is 3.35. The Balaban J connectivity index is 1.76. The van der Waals surface area contributed by atoms with Gasteiger partial charge in [-0.2, -0.15) is 5.26 Å². The summed E-state index contributed by atoms with van der Waals surface area (Å²) < 4.78 is 5.97. The summed E-state index contributed by atoms with van der Waals surface area (Å²) in [6, 6.07) is 15.4. The molecule has 6 heteroatoms. The highest BCUT2D eigenvalue weighted by atomic mass is 16.5. The minimum Gasteiger partial charge on any atom is -0.492 e. The molecule has 2 N–H and O–H groups in total. The molecule has 0 fully saturated rings. The minimum atomic E-state index is -0.0420. The third-order valence-electron chi connectivity index (χ3n) is 5.21. The molecule has 1 atom stereocenters. The molecular weight excluding hydrogens is 388 g/mol. The highest BCUT2D eigenvalue weighted by Gasteiger charge is 2.11. The van der Waals surface area contributed by atoms with Crippen molar-refractivity contribution in [2.45, 2.75) is 39.7 Å². The quantitative estimate of drug-likeness (QED) is 0.456. The van der Waals surface area contributed by atoms with Gasteiger partial charge < -0.3 is 15.2 Å². The smallest absolute Gasteiger partial charge is 0.137 e. The van der Waals surface area contributed by atoms with Crippen molar-refractivity contribution in [2.75, 3.05) is 11.9 Å². The average molecular weight is 417 g/mol. The van der Waals surface area contributed by atoms with Crippen molar-refractivity contribution in [1.29, 1.82) is 5.26 Å². The van der Waals surface area contributed by atoms with Crippen LogP contribution in [-0.2, 0) is 6.61 Å². The van der Waals surface area contributed by atoms with Crippen LogP contribution in [-0.4, -0.2) is 21.7 Å². The maximum absolute atomic E-state index is 9.63. The van der Waals surface area contributed by atoms with Gasteiger partial charge in [0.05, 0.1) is 18.8 Å². The lowest BCUT2D eigenvalue weighted by Gasteiger charge is -2.16. The Kier molecular flexibility index (Phi) is 7.97. The molecule has 0 amide bonds. The van der Waals surface area contributed by atoms with Gasteiger partial charge in [0.15, 0.2) is 0 Å². The van der Waals surface area contributed by atoms with E-state index in [-0.39, 0.29) is 6.61 Å². The van der Waals surface area contributed by atoms with E-state index in [1.807, 2.05) is 30.3 Å². The summed E-state index contributed by atoms with van der Waals surface area (Å²) in [5.74, 6) is 2.42. The molecule has 0 saturated carbocycles. The number of aliphatic hydroxyl groups is 1. The first-order chi connectivity index (χ1) is 15.2. The Bertz CT molecular complexity index is 1030. The van der Waals surface area contributed by atoms with Crippen LogP contribution >= 0.6 is 0 Å². The van der Waals surface area contributed by atoms with Gasteiger partial charge in [-0.15, -0.1) is 0 Å². The molecular formula is C25H28N4O2. The van der Waals surface area contributed by atoms with Crippen LogP contribution in [0.3, 0.4) is 0 Å². The normalized spacial score (nSPS) is 11.5. The van der Waals surface area contributed by atoms with Crippen molar-refractivity contribution in [2.24, 2.45) is 5.92 Å². The van der Waals surface area contributed by atoms with E-state index in [1.54, 1.807) is 24.5 Å². The van der Waals surface area contributed by atoms with E-state index < -0.39 is 0 Å². The van der Waals surface area contributed by atoms with E-state index in [2.05, 4.69) is 35.2 Å². The number of ether oxygens (including phenoxy) is 1. The first kappa shape index (κ1) is 22.3. The summed E-state index contributed by atoms with van der Waals surface area (Å²) in [6.45, 7) is 4.93. The SMILES string of the molecule is CCCC(CC)COc1ccc(-c2ccnc(Nc3ccc(CO)cn3)c2)cc1C#N. The average Bonchev–Trinajstić information content (AvgIpc) is 2.82. The van der Waals surface area contributed by atoms with Gasteiger partial charge >= 0.3 is 0 Å². The number of benzene rings is 1. The lowest BCUT2D eigenvalue weighted by atomic mass is 10.0. The number of aromatic nitrogens is 2. The summed E-state index contributed by atoms with van der Waals surface area (Å²) in [5, 5.41) is 21.9. The standard InChI is InChI=1S/C25H28N4O2/c1-3-5-18(4-2)17-31-23-8-7-20(12-22(23)14-26)21-10-11-27-25(13-21)29-24-9-6-19(16-30)15-28-24/h6-13,15,18,30H,3-5,16-17H2,1-2H3,(H,27,28,29). The second-order valence-corrected chi connectivity index (χ2v) is 7.46. The van der Waals surface area contributed by atoms with E-state index in [9.17, 15) is 5.26 Å². The van der Waals surface area contributed by atoms with Gasteiger partial charge in [0, 0.05) is 12.4 Å². The lowest BCUT2D eigenvalue weighted by molar-refractivity contribution is 0.234. The van der Waals surface area contributed by atoms with Gasteiger partial charge in [-0.1, -0.05) is 38.8 Å². The van der Waals surface area contributed by atoms with Gasteiger partial charge in [0.2, 0.25) is 0 Å². The maximum Gasteiger partial charge on any atom is 0.137 e. The first-order valence-corrected chi connectivity index (χ1v) is 10.6. The van der Waals surface area contributed by atoms with Crippen LogP contribution in [0.2, 0.25) is 0 Å². The number of aliphatic hydroxyl groups excluding tert-OH is 1. The minimum absolute atomic E-state index is 0.0420. The lowest BCUT2D eigenvalue weighted by Crippen LogP contribution is -2.11. The zero-order valence-corrected chi connectivity index (χ0v) is 18.0. The van der Waals surface area contributed by atoms with E-state index in [0.29, 0.717) is 35.5 Å². The van der Waals surface area contributed by atoms with Gasteiger partial charge in [-0.25, -0.2) is 9.97 Å². The number of rotatable bonds is 10.